The first-order valence-corrected chi connectivity index (χ1v) is 12.2. The fourth-order valence-corrected chi connectivity index (χ4v) is 4.46. The van der Waals surface area contributed by atoms with E-state index in [-0.39, 0.29) is 24.5 Å². The molecule has 1 fully saturated rings. The van der Waals surface area contributed by atoms with Crippen LogP contribution in [-0.4, -0.2) is 35.4 Å². The molecular weight excluding hydrogens is 412 g/mol. The van der Waals surface area contributed by atoms with E-state index in [4.69, 9.17) is 4.74 Å². The molecule has 0 saturated heterocycles. The van der Waals surface area contributed by atoms with Crippen LogP contribution in [0.4, 0.5) is 0 Å². The van der Waals surface area contributed by atoms with E-state index in [0.717, 1.165) is 47.9 Å². The van der Waals surface area contributed by atoms with E-state index in [2.05, 4.69) is 5.32 Å². The van der Waals surface area contributed by atoms with E-state index in [0.29, 0.717) is 18.7 Å². The molecule has 0 aromatic heterocycles. The third kappa shape index (κ3) is 6.83. The molecule has 2 amide bonds. The van der Waals surface area contributed by atoms with Gasteiger partial charge in [-0.05, 0) is 62.8 Å². The molecule has 0 heterocycles. The predicted molar refractivity (Wildman–Crippen MR) is 132 cm³/mol. The second kappa shape index (κ2) is 11.9. The fourth-order valence-electron chi connectivity index (χ4n) is 4.46. The Kier molecular flexibility index (Phi) is 8.93. The van der Waals surface area contributed by atoms with Crippen LogP contribution in [0.3, 0.4) is 0 Å². The minimum Gasteiger partial charge on any atom is -0.483 e. The molecule has 2 aromatic carbocycles. The number of hydrogen-bond acceptors (Lipinski definition) is 3. The van der Waals surface area contributed by atoms with Gasteiger partial charge >= 0.3 is 0 Å². The van der Waals surface area contributed by atoms with E-state index in [1.807, 2.05) is 70.2 Å². The number of nitrogens with one attached hydrogen (secondary N) is 1. The summed E-state index contributed by atoms with van der Waals surface area (Å²) in [5.74, 6) is 0.470. The zero-order valence-corrected chi connectivity index (χ0v) is 20.5. The molecule has 178 valence electrons. The Morgan fingerprint density at radius 2 is 1.73 bits per heavy atom. The van der Waals surface area contributed by atoms with Gasteiger partial charge in [-0.15, -0.1) is 0 Å². The van der Waals surface area contributed by atoms with Gasteiger partial charge in [0, 0.05) is 12.6 Å². The molecule has 1 saturated carbocycles. The average molecular weight is 451 g/mol. The third-order valence-electron chi connectivity index (χ3n) is 6.72. The maximum Gasteiger partial charge on any atom is 0.261 e. The van der Waals surface area contributed by atoms with Gasteiger partial charge in [-0.2, -0.15) is 0 Å². The summed E-state index contributed by atoms with van der Waals surface area (Å²) in [6, 6.07) is 13.6. The molecule has 33 heavy (non-hydrogen) atoms. The molecule has 0 aliphatic heterocycles. The second-order valence-electron chi connectivity index (χ2n) is 9.26. The third-order valence-corrected chi connectivity index (χ3v) is 6.72. The SMILES string of the molecule is CC[C@H](C(=O)NC1CCCCC1)N(Cc1ccc(C)cc1)C(=O)COc1cccc(C)c1C. The highest BCUT2D eigenvalue weighted by atomic mass is 16.5. The van der Waals surface area contributed by atoms with Crippen LogP contribution >= 0.6 is 0 Å². The molecule has 5 heteroatoms. The van der Waals surface area contributed by atoms with Crippen LogP contribution in [0.15, 0.2) is 42.5 Å². The average Bonchev–Trinajstić information content (AvgIpc) is 2.81. The lowest BCUT2D eigenvalue weighted by Gasteiger charge is -2.32. The van der Waals surface area contributed by atoms with Gasteiger partial charge in [-0.3, -0.25) is 9.59 Å². The lowest BCUT2D eigenvalue weighted by atomic mass is 9.95. The van der Waals surface area contributed by atoms with Crippen molar-refractivity contribution in [2.24, 2.45) is 0 Å². The Morgan fingerprint density at radius 3 is 2.39 bits per heavy atom. The Labute approximate surface area is 198 Å². The number of benzene rings is 2. The largest absolute Gasteiger partial charge is 0.483 e. The summed E-state index contributed by atoms with van der Waals surface area (Å²) in [7, 11) is 0. The predicted octanol–water partition coefficient (Wildman–Crippen LogP) is 5.25. The first-order chi connectivity index (χ1) is 15.9. The molecule has 0 radical (unpaired) electrons. The fraction of sp³-hybridized carbons (Fsp3) is 0.500. The number of ether oxygens (including phenoxy) is 1. The summed E-state index contributed by atoms with van der Waals surface area (Å²) in [5, 5.41) is 3.22. The molecule has 0 bridgehead atoms. The highest BCUT2D eigenvalue weighted by Gasteiger charge is 2.30. The smallest absolute Gasteiger partial charge is 0.261 e. The van der Waals surface area contributed by atoms with Crippen LogP contribution in [0.2, 0.25) is 0 Å². The Hall–Kier alpha value is -2.82. The number of carbonyl (C=O) groups is 2. The molecule has 5 nitrogen and oxygen atoms in total. The first-order valence-electron chi connectivity index (χ1n) is 12.2. The zero-order valence-electron chi connectivity index (χ0n) is 20.5. The molecule has 0 spiro atoms. The lowest BCUT2D eigenvalue weighted by molar-refractivity contribution is -0.143. The summed E-state index contributed by atoms with van der Waals surface area (Å²) >= 11 is 0. The van der Waals surface area contributed by atoms with E-state index < -0.39 is 6.04 Å². The van der Waals surface area contributed by atoms with Crippen LogP contribution in [0, 0.1) is 20.8 Å². The van der Waals surface area contributed by atoms with E-state index in [1.54, 1.807) is 4.90 Å². The molecule has 0 unspecified atom stereocenters. The Balaban J connectivity index is 1.77. The summed E-state index contributed by atoms with van der Waals surface area (Å²) in [6.07, 6.45) is 6.12. The van der Waals surface area contributed by atoms with Gasteiger partial charge in [0.1, 0.15) is 11.8 Å². The molecule has 1 atom stereocenters. The zero-order chi connectivity index (χ0) is 23.8. The quantitative estimate of drug-likeness (QED) is 0.568. The number of nitrogens with zero attached hydrogens (tertiary/aromatic N) is 1. The standard InChI is InChI=1S/C28H38N2O3/c1-5-25(28(32)29-24-11-7-6-8-12-24)30(18-23-16-14-20(2)15-17-23)27(31)19-33-26-13-9-10-21(3)22(26)4/h9-10,13-17,24-25H,5-8,11-12,18-19H2,1-4H3,(H,29,32)/t25-/m1/s1. The van der Waals surface area contributed by atoms with Gasteiger partial charge in [0.25, 0.3) is 5.91 Å². The van der Waals surface area contributed by atoms with Crippen LogP contribution < -0.4 is 10.1 Å². The number of hydrogen-bond donors (Lipinski definition) is 1. The van der Waals surface area contributed by atoms with Gasteiger partial charge in [0.05, 0.1) is 0 Å². The van der Waals surface area contributed by atoms with Crippen molar-refractivity contribution < 1.29 is 14.3 Å². The van der Waals surface area contributed by atoms with Crippen molar-refractivity contribution in [3.8, 4) is 5.75 Å². The van der Waals surface area contributed by atoms with Crippen LogP contribution in [0.25, 0.3) is 0 Å². The summed E-state index contributed by atoms with van der Waals surface area (Å²) < 4.78 is 5.92. The van der Waals surface area contributed by atoms with Gasteiger partial charge in [0.2, 0.25) is 5.91 Å². The van der Waals surface area contributed by atoms with Crippen molar-refractivity contribution in [1.82, 2.24) is 10.2 Å². The monoisotopic (exact) mass is 450 g/mol. The number of rotatable bonds is 9. The minimum absolute atomic E-state index is 0.0587. The summed E-state index contributed by atoms with van der Waals surface area (Å²) in [4.78, 5) is 28.4. The van der Waals surface area contributed by atoms with Crippen LogP contribution in [0.5, 0.6) is 5.75 Å². The minimum atomic E-state index is -0.525. The topological polar surface area (TPSA) is 58.6 Å². The van der Waals surface area contributed by atoms with Gasteiger partial charge in [-0.1, -0.05) is 68.1 Å². The Bertz CT molecular complexity index is 933. The maximum absolute atomic E-state index is 13.4. The Morgan fingerprint density at radius 1 is 1.03 bits per heavy atom. The molecule has 1 aliphatic carbocycles. The summed E-state index contributed by atoms with van der Waals surface area (Å²) in [5.41, 5.74) is 4.31. The highest BCUT2D eigenvalue weighted by Crippen LogP contribution is 2.22. The van der Waals surface area contributed by atoms with Gasteiger partial charge in [0.15, 0.2) is 6.61 Å². The van der Waals surface area contributed by atoms with Gasteiger partial charge < -0.3 is 15.0 Å². The van der Waals surface area contributed by atoms with Crippen molar-refractivity contribution in [1.29, 1.82) is 0 Å². The van der Waals surface area contributed by atoms with Crippen molar-refractivity contribution in [3.63, 3.8) is 0 Å². The van der Waals surface area contributed by atoms with Crippen LogP contribution in [-0.2, 0) is 16.1 Å². The highest BCUT2D eigenvalue weighted by molar-refractivity contribution is 5.88. The summed E-state index contributed by atoms with van der Waals surface area (Å²) in [6.45, 7) is 8.31. The van der Waals surface area contributed by atoms with E-state index in [1.165, 1.54) is 6.42 Å². The molecule has 1 N–H and O–H groups in total. The normalized spacial score (nSPS) is 15.0. The van der Waals surface area contributed by atoms with Crippen molar-refractivity contribution in [3.05, 3.63) is 64.7 Å². The molecule has 1 aliphatic rings. The van der Waals surface area contributed by atoms with Crippen LogP contribution in [0.1, 0.15) is 67.7 Å². The molecule has 3 rings (SSSR count). The number of carbonyl (C=O) groups excluding carboxylic acids is 2. The number of amides is 2. The van der Waals surface area contributed by atoms with Crippen molar-refractivity contribution in [2.75, 3.05) is 6.61 Å². The molecular formula is C28H38N2O3. The van der Waals surface area contributed by atoms with E-state index in [9.17, 15) is 9.59 Å². The lowest BCUT2D eigenvalue weighted by Crippen LogP contribution is -2.52. The second-order valence-corrected chi connectivity index (χ2v) is 9.26. The maximum atomic E-state index is 13.4. The van der Waals surface area contributed by atoms with Crippen molar-refractivity contribution in [2.45, 2.75) is 84.8 Å². The van der Waals surface area contributed by atoms with Crippen molar-refractivity contribution >= 4 is 11.8 Å². The van der Waals surface area contributed by atoms with E-state index >= 15 is 0 Å². The number of aryl methyl sites for hydroxylation is 2. The van der Waals surface area contributed by atoms with Gasteiger partial charge in [-0.25, -0.2) is 0 Å². The first kappa shape index (κ1) is 24.8. The molecule has 2 aromatic rings.